The number of rotatable bonds is 7. The van der Waals surface area contributed by atoms with Crippen LogP contribution in [0.25, 0.3) is 0 Å². The third-order valence-corrected chi connectivity index (χ3v) is 1.80. The Labute approximate surface area is 79.5 Å². The smallest absolute Gasteiger partial charge is 0.307 e. The van der Waals surface area contributed by atoms with Crippen LogP contribution in [0.5, 0.6) is 0 Å². The zero-order chi connectivity index (χ0) is 10.1. The summed E-state index contributed by atoms with van der Waals surface area (Å²) in [6, 6.07) is 0. The first-order chi connectivity index (χ1) is 6.18. The molecule has 0 aliphatic rings. The van der Waals surface area contributed by atoms with Crippen LogP contribution in [0.1, 0.15) is 26.2 Å². The molecular weight excluding hydrogens is 166 g/mol. The average Bonchev–Trinajstić information content (AvgIpc) is 2.10. The predicted octanol–water partition coefficient (Wildman–Crippen LogP) is 1.10. The molecule has 3 heteroatoms. The summed E-state index contributed by atoms with van der Waals surface area (Å²) in [6.07, 6.45) is 7.90. The van der Waals surface area contributed by atoms with Crippen LogP contribution in [0.3, 0.4) is 0 Å². The standard InChI is InChI=1S/C10H17NO2/c1-3-4-5-6-7-11-8-9(2)10(12)13/h1,9,11H,4-8H2,2H3,(H,12,13). The van der Waals surface area contributed by atoms with Crippen molar-refractivity contribution in [3.8, 4) is 12.3 Å². The van der Waals surface area contributed by atoms with Gasteiger partial charge in [-0.3, -0.25) is 4.79 Å². The highest BCUT2D eigenvalue weighted by molar-refractivity contribution is 5.69. The number of hydrogen-bond acceptors (Lipinski definition) is 2. The number of nitrogens with one attached hydrogen (secondary N) is 1. The topological polar surface area (TPSA) is 49.3 Å². The summed E-state index contributed by atoms with van der Waals surface area (Å²) in [7, 11) is 0. The van der Waals surface area contributed by atoms with Gasteiger partial charge in [-0.2, -0.15) is 0 Å². The molecule has 74 valence electrons. The predicted molar refractivity (Wildman–Crippen MR) is 52.4 cm³/mol. The lowest BCUT2D eigenvalue weighted by atomic mass is 10.2. The molecule has 0 aromatic rings. The lowest BCUT2D eigenvalue weighted by molar-refractivity contribution is -0.140. The second kappa shape index (κ2) is 7.63. The molecule has 0 aromatic heterocycles. The number of terminal acetylenes is 1. The first-order valence-corrected chi connectivity index (χ1v) is 4.55. The number of hydrogen-bond donors (Lipinski definition) is 2. The van der Waals surface area contributed by atoms with Crippen LogP contribution in [0.4, 0.5) is 0 Å². The lowest BCUT2D eigenvalue weighted by Crippen LogP contribution is -2.26. The average molecular weight is 183 g/mol. The van der Waals surface area contributed by atoms with Gasteiger partial charge in [-0.15, -0.1) is 12.3 Å². The van der Waals surface area contributed by atoms with Crippen LogP contribution in [0.15, 0.2) is 0 Å². The van der Waals surface area contributed by atoms with Crippen molar-refractivity contribution in [2.75, 3.05) is 13.1 Å². The Hall–Kier alpha value is -1.01. The van der Waals surface area contributed by atoms with Crippen molar-refractivity contribution in [3.05, 3.63) is 0 Å². The summed E-state index contributed by atoms with van der Waals surface area (Å²) in [5.41, 5.74) is 0. The summed E-state index contributed by atoms with van der Waals surface area (Å²) < 4.78 is 0. The minimum Gasteiger partial charge on any atom is -0.481 e. The molecular formula is C10H17NO2. The molecule has 0 amide bonds. The monoisotopic (exact) mass is 183 g/mol. The molecule has 0 bridgehead atoms. The maximum Gasteiger partial charge on any atom is 0.307 e. The Balaban J connectivity index is 3.17. The van der Waals surface area contributed by atoms with Crippen LogP contribution in [0.2, 0.25) is 0 Å². The molecule has 0 heterocycles. The van der Waals surface area contributed by atoms with Gasteiger partial charge in [-0.25, -0.2) is 0 Å². The first-order valence-electron chi connectivity index (χ1n) is 4.55. The van der Waals surface area contributed by atoms with Crippen LogP contribution >= 0.6 is 0 Å². The van der Waals surface area contributed by atoms with E-state index in [1.165, 1.54) is 0 Å². The normalized spacial score (nSPS) is 12.0. The van der Waals surface area contributed by atoms with Gasteiger partial charge in [0.25, 0.3) is 0 Å². The highest BCUT2D eigenvalue weighted by Gasteiger charge is 2.08. The van der Waals surface area contributed by atoms with Crippen molar-refractivity contribution in [1.82, 2.24) is 5.32 Å². The summed E-state index contributed by atoms with van der Waals surface area (Å²) in [5, 5.41) is 11.6. The largest absolute Gasteiger partial charge is 0.481 e. The number of carboxylic acids is 1. The van der Waals surface area contributed by atoms with Crippen LogP contribution < -0.4 is 5.32 Å². The van der Waals surface area contributed by atoms with Gasteiger partial charge in [-0.05, 0) is 19.4 Å². The molecule has 0 aliphatic heterocycles. The van der Waals surface area contributed by atoms with Gasteiger partial charge < -0.3 is 10.4 Å². The highest BCUT2D eigenvalue weighted by Crippen LogP contribution is 1.94. The van der Waals surface area contributed by atoms with Gasteiger partial charge in [0, 0.05) is 13.0 Å². The molecule has 0 saturated heterocycles. The van der Waals surface area contributed by atoms with E-state index in [1.807, 2.05) is 0 Å². The Morgan fingerprint density at radius 3 is 2.85 bits per heavy atom. The minimum absolute atomic E-state index is 0.312. The van der Waals surface area contributed by atoms with Crippen molar-refractivity contribution in [2.45, 2.75) is 26.2 Å². The SMILES string of the molecule is C#CCCCCNCC(C)C(=O)O. The summed E-state index contributed by atoms with van der Waals surface area (Å²) >= 11 is 0. The molecule has 0 fully saturated rings. The molecule has 2 N–H and O–H groups in total. The van der Waals surface area contributed by atoms with E-state index in [-0.39, 0.29) is 5.92 Å². The number of carboxylic acid groups (broad SMARTS) is 1. The minimum atomic E-state index is -0.754. The summed E-state index contributed by atoms with van der Waals surface area (Å²) in [5.74, 6) is 1.50. The highest BCUT2D eigenvalue weighted by atomic mass is 16.4. The van der Waals surface area contributed by atoms with E-state index in [9.17, 15) is 4.79 Å². The fraction of sp³-hybridized carbons (Fsp3) is 0.700. The third-order valence-electron chi connectivity index (χ3n) is 1.80. The van der Waals surface area contributed by atoms with E-state index in [2.05, 4.69) is 11.2 Å². The second-order valence-electron chi connectivity index (χ2n) is 3.10. The van der Waals surface area contributed by atoms with Crippen LogP contribution in [-0.4, -0.2) is 24.2 Å². The van der Waals surface area contributed by atoms with Crippen molar-refractivity contribution < 1.29 is 9.90 Å². The van der Waals surface area contributed by atoms with E-state index in [0.717, 1.165) is 25.8 Å². The van der Waals surface area contributed by atoms with E-state index in [1.54, 1.807) is 6.92 Å². The van der Waals surface area contributed by atoms with Gasteiger partial charge in [0.05, 0.1) is 5.92 Å². The Kier molecular flexibility index (Phi) is 7.04. The maximum atomic E-state index is 10.4. The quantitative estimate of drug-likeness (QED) is 0.459. The van der Waals surface area contributed by atoms with Gasteiger partial charge in [0.15, 0.2) is 0 Å². The zero-order valence-electron chi connectivity index (χ0n) is 8.05. The van der Waals surface area contributed by atoms with Crippen molar-refractivity contribution in [3.63, 3.8) is 0 Å². The Bertz CT molecular complexity index is 184. The zero-order valence-corrected chi connectivity index (χ0v) is 8.05. The molecule has 13 heavy (non-hydrogen) atoms. The molecule has 0 spiro atoms. The fourth-order valence-corrected chi connectivity index (χ4v) is 0.883. The van der Waals surface area contributed by atoms with E-state index < -0.39 is 5.97 Å². The van der Waals surface area contributed by atoms with E-state index >= 15 is 0 Å². The number of carbonyl (C=O) groups is 1. The van der Waals surface area contributed by atoms with Crippen LogP contribution in [-0.2, 0) is 4.79 Å². The second-order valence-corrected chi connectivity index (χ2v) is 3.10. The fourth-order valence-electron chi connectivity index (χ4n) is 0.883. The molecule has 1 unspecified atom stereocenters. The first kappa shape index (κ1) is 12.0. The van der Waals surface area contributed by atoms with Gasteiger partial charge >= 0.3 is 5.97 Å². The Morgan fingerprint density at radius 2 is 2.31 bits per heavy atom. The number of aliphatic carboxylic acids is 1. The van der Waals surface area contributed by atoms with Crippen LogP contribution in [0, 0.1) is 18.3 Å². The molecule has 0 aromatic carbocycles. The molecule has 3 nitrogen and oxygen atoms in total. The maximum absolute atomic E-state index is 10.4. The Morgan fingerprint density at radius 1 is 1.62 bits per heavy atom. The lowest BCUT2D eigenvalue weighted by Gasteiger charge is -2.07. The van der Waals surface area contributed by atoms with Crippen molar-refractivity contribution in [2.24, 2.45) is 5.92 Å². The molecule has 0 saturated carbocycles. The summed E-state index contributed by atoms with van der Waals surface area (Å²) in [4.78, 5) is 10.4. The molecule has 0 rings (SSSR count). The van der Waals surface area contributed by atoms with Gasteiger partial charge in [-0.1, -0.05) is 6.92 Å². The van der Waals surface area contributed by atoms with Gasteiger partial charge in [0.1, 0.15) is 0 Å². The van der Waals surface area contributed by atoms with Crippen molar-refractivity contribution in [1.29, 1.82) is 0 Å². The third kappa shape index (κ3) is 7.35. The summed E-state index contributed by atoms with van der Waals surface area (Å²) in [6.45, 7) is 3.07. The van der Waals surface area contributed by atoms with Gasteiger partial charge in [0.2, 0.25) is 0 Å². The van der Waals surface area contributed by atoms with Crippen molar-refractivity contribution >= 4 is 5.97 Å². The number of unbranched alkanes of at least 4 members (excludes halogenated alkanes) is 2. The molecule has 0 radical (unpaired) electrons. The van der Waals surface area contributed by atoms with E-state index in [0.29, 0.717) is 6.54 Å². The molecule has 1 atom stereocenters. The van der Waals surface area contributed by atoms with E-state index in [4.69, 9.17) is 11.5 Å². The molecule has 0 aliphatic carbocycles.